The third-order valence-corrected chi connectivity index (χ3v) is 2.66. The van der Waals surface area contributed by atoms with E-state index in [-0.39, 0.29) is 17.2 Å². The lowest BCUT2D eigenvalue weighted by Crippen LogP contribution is -2.13. The van der Waals surface area contributed by atoms with E-state index < -0.39 is 0 Å². The molecule has 0 radical (unpaired) electrons. The molecule has 0 heterocycles. The van der Waals surface area contributed by atoms with Crippen molar-refractivity contribution in [3.05, 3.63) is 53.6 Å². The lowest BCUT2D eigenvalue weighted by molar-refractivity contribution is 0.102. The first-order valence-electron chi connectivity index (χ1n) is 5.53. The Hall–Kier alpha value is -2.49. The number of hydrogen-bond donors (Lipinski definition) is 3. The number of aryl methyl sites for hydroxylation is 1. The molecule has 0 saturated carbocycles. The third-order valence-electron chi connectivity index (χ3n) is 2.66. The lowest BCUT2D eigenvalue weighted by atomic mass is 10.1. The SMILES string of the molecule is Cc1ccccc1NC(=O)c1cc(N)ccc1O. The van der Waals surface area contributed by atoms with Crippen LogP contribution >= 0.6 is 0 Å². The van der Waals surface area contributed by atoms with Crippen LogP contribution in [0.15, 0.2) is 42.5 Å². The van der Waals surface area contributed by atoms with E-state index in [1.54, 1.807) is 12.1 Å². The van der Waals surface area contributed by atoms with Crippen molar-refractivity contribution in [2.45, 2.75) is 6.92 Å². The Balaban J connectivity index is 2.28. The zero-order valence-corrected chi connectivity index (χ0v) is 9.97. The van der Waals surface area contributed by atoms with Crippen LogP contribution in [0.4, 0.5) is 11.4 Å². The maximum absolute atomic E-state index is 12.0. The number of nitrogens with one attached hydrogen (secondary N) is 1. The number of phenols is 1. The summed E-state index contributed by atoms with van der Waals surface area (Å²) in [6, 6.07) is 11.8. The molecule has 0 aliphatic rings. The van der Waals surface area contributed by atoms with Gasteiger partial charge in [-0.3, -0.25) is 4.79 Å². The summed E-state index contributed by atoms with van der Waals surface area (Å²) in [6.45, 7) is 1.90. The van der Waals surface area contributed by atoms with E-state index in [0.29, 0.717) is 11.4 Å². The van der Waals surface area contributed by atoms with Crippen molar-refractivity contribution in [2.75, 3.05) is 11.1 Å². The molecule has 2 aromatic carbocycles. The number of nitrogens with two attached hydrogens (primary N) is 1. The Morgan fingerprint density at radius 1 is 1.22 bits per heavy atom. The van der Waals surface area contributed by atoms with Gasteiger partial charge in [0.15, 0.2) is 0 Å². The van der Waals surface area contributed by atoms with Crippen molar-refractivity contribution in [3.63, 3.8) is 0 Å². The molecular formula is C14H14N2O2. The summed E-state index contributed by atoms with van der Waals surface area (Å²) in [7, 11) is 0. The summed E-state index contributed by atoms with van der Waals surface area (Å²) in [4.78, 5) is 12.0. The van der Waals surface area contributed by atoms with Crippen molar-refractivity contribution in [3.8, 4) is 5.75 Å². The monoisotopic (exact) mass is 242 g/mol. The highest BCUT2D eigenvalue weighted by molar-refractivity contribution is 6.06. The van der Waals surface area contributed by atoms with E-state index >= 15 is 0 Å². The van der Waals surface area contributed by atoms with Crippen LogP contribution in [0.25, 0.3) is 0 Å². The average Bonchev–Trinajstić information content (AvgIpc) is 2.35. The highest BCUT2D eigenvalue weighted by Crippen LogP contribution is 2.22. The number of para-hydroxylation sites is 1. The predicted molar refractivity (Wildman–Crippen MR) is 71.7 cm³/mol. The van der Waals surface area contributed by atoms with E-state index in [2.05, 4.69) is 5.32 Å². The lowest BCUT2D eigenvalue weighted by Gasteiger charge is -2.09. The van der Waals surface area contributed by atoms with Crippen LogP contribution in [0.3, 0.4) is 0 Å². The summed E-state index contributed by atoms with van der Waals surface area (Å²) in [5.74, 6) is -0.468. The van der Waals surface area contributed by atoms with Gasteiger partial charge in [0.2, 0.25) is 0 Å². The van der Waals surface area contributed by atoms with Gasteiger partial charge in [-0.05, 0) is 36.8 Å². The van der Waals surface area contributed by atoms with Gasteiger partial charge in [-0.15, -0.1) is 0 Å². The number of carbonyl (C=O) groups excluding carboxylic acids is 1. The molecule has 92 valence electrons. The van der Waals surface area contributed by atoms with Crippen molar-refractivity contribution in [1.82, 2.24) is 0 Å². The van der Waals surface area contributed by atoms with Gasteiger partial charge in [-0.1, -0.05) is 18.2 Å². The second-order valence-corrected chi connectivity index (χ2v) is 4.05. The van der Waals surface area contributed by atoms with Crippen LogP contribution < -0.4 is 11.1 Å². The molecule has 4 N–H and O–H groups in total. The molecule has 0 aliphatic heterocycles. The molecule has 0 spiro atoms. The number of aromatic hydroxyl groups is 1. The van der Waals surface area contributed by atoms with Crippen LogP contribution in [0.2, 0.25) is 0 Å². The van der Waals surface area contributed by atoms with Crippen molar-refractivity contribution >= 4 is 17.3 Å². The minimum absolute atomic E-state index is 0.0877. The quantitative estimate of drug-likeness (QED) is 0.559. The maximum Gasteiger partial charge on any atom is 0.259 e. The number of nitrogen functional groups attached to an aromatic ring is 1. The molecule has 0 aliphatic carbocycles. The minimum atomic E-state index is -0.380. The van der Waals surface area contributed by atoms with Gasteiger partial charge in [0.25, 0.3) is 5.91 Å². The number of amides is 1. The van der Waals surface area contributed by atoms with Crippen LogP contribution in [-0.2, 0) is 0 Å². The van der Waals surface area contributed by atoms with Gasteiger partial charge in [0.1, 0.15) is 5.75 Å². The summed E-state index contributed by atoms with van der Waals surface area (Å²) < 4.78 is 0. The number of phenolic OH excluding ortho intramolecular Hbond substituents is 1. The second kappa shape index (κ2) is 4.79. The maximum atomic E-state index is 12.0. The molecule has 0 saturated heterocycles. The van der Waals surface area contributed by atoms with E-state index in [4.69, 9.17) is 5.73 Å². The molecule has 4 nitrogen and oxygen atoms in total. The molecule has 0 fully saturated rings. The first-order valence-corrected chi connectivity index (χ1v) is 5.53. The van der Waals surface area contributed by atoms with Gasteiger partial charge in [-0.2, -0.15) is 0 Å². The molecular weight excluding hydrogens is 228 g/mol. The standard InChI is InChI=1S/C14H14N2O2/c1-9-4-2-3-5-12(9)16-14(18)11-8-10(15)6-7-13(11)17/h2-8,17H,15H2,1H3,(H,16,18). The summed E-state index contributed by atoms with van der Waals surface area (Å²) in [6.07, 6.45) is 0. The smallest absolute Gasteiger partial charge is 0.259 e. The Kier molecular flexibility index (Phi) is 3.19. The van der Waals surface area contributed by atoms with E-state index in [9.17, 15) is 9.90 Å². The largest absolute Gasteiger partial charge is 0.507 e. The molecule has 0 bridgehead atoms. The van der Waals surface area contributed by atoms with Crippen molar-refractivity contribution in [1.29, 1.82) is 0 Å². The number of hydrogen-bond acceptors (Lipinski definition) is 3. The van der Waals surface area contributed by atoms with Crippen LogP contribution in [0.5, 0.6) is 5.75 Å². The Bertz CT molecular complexity index is 594. The highest BCUT2D eigenvalue weighted by atomic mass is 16.3. The van der Waals surface area contributed by atoms with E-state index in [0.717, 1.165) is 5.56 Å². The van der Waals surface area contributed by atoms with Gasteiger partial charge < -0.3 is 16.2 Å². The first kappa shape index (κ1) is 12.0. The fraction of sp³-hybridized carbons (Fsp3) is 0.0714. The Morgan fingerprint density at radius 3 is 2.67 bits per heavy atom. The fourth-order valence-corrected chi connectivity index (χ4v) is 1.64. The molecule has 2 aromatic rings. The molecule has 4 heteroatoms. The van der Waals surface area contributed by atoms with Crippen molar-refractivity contribution in [2.24, 2.45) is 0 Å². The first-order chi connectivity index (χ1) is 8.58. The van der Waals surface area contributed by atoms with Gasteiger partial charge in [-0.25, -0.2) is 0 Å². The molecule has 0 aromatic heterocycles. The molecule has 18 heavy (non-hydrogen) atoms. The summed E-state index contributed by atoms with van der Waals surface area (Å²) in [5, 5.41) is 12.4. The van der Waals surface area contributed by atoms with Crippen LogP contribution in [0.1, 0.15) is 15.9 Å². The molecule has 0 atom stereocenters. The van der Waals surface area contributed by atoms with E-state index in [1.165, 1.54) is 12.1 Å². The van der Waals surface area contributed by atoms with Gasteiger partial charge in [0, 0.05) is 11.4 Å². The highest BCUT2D eigenvalue weighted by Gasteiger charge is 2.12. The van der Waals surface area contributed by atoms with Crippen molar-refractivity contribution < 1.29 is 9.90 Å². The Labute approximate surface area is 105 Å². The number of benzene rings is 2. The summed E-state index contributed by atoms with van der Waals surface area (Å²) in [5.41, 5.74) is 7.86. The molecule has 1 amide bonds. The van der Waals surface area contributed by atoms with Crippen LogP contribution in [-0.4, -0.2) is 11.0 Å². The number of carbonyl (C=O) groups is 1. The fourth-order valence-electron chi connectivity index (χ4n) is 1.64. The normalized spacial score (nSPS) is 10.1. The van der Waals surface area contributed by atoms with Gasteiger partial charge in [0.05, 0.1) is 5.56 Å². The Morgan fingerprint density at radius 2 is 1.94 bits per heavy atom. The zero-order chi connectivity index (χ0) is 13.1. The average molecular weight is 242 g/mol. The zero-order valence-electron chi connectivity index (χ0n) is 9.97. The molecule has 0 unspecified atom stereocenters. The predicted octanol–water partition coefficient (Wildman–Crippen LogP) is 2.54. The number of anilines is 2. The third kappa shape index (κ3) is 2.43. The topological polar surface area (TPSA) is 75.4 Å². The number of rotatable bonds is 2. The second-order valence-electron chi connectivity index (χ2n) is 4.05. The van der Waals surface area contributed by atoms with Crippen LogP contribution in [0, 0.1) is 6.92 Å². The van der Waals surface area contributed by atoms with Gasteiger partial charge >= 0.3 is 0 Å². The summed E-state index contributed by atoms with van der Waals surface area (Å²) >= 11 is 0. The van der Waals surface area contributed by atoms with E-state index in [1.807, 2.05) is 25.1 Å². The molecule has 2 rings (SSSR count). The minimum Gasteiger partial charge on any atom is -0.507 e.